The van der Waals surface area contributed by atoms with Crippen molar-refractivity contribution in [1.82, 2.24) is 9.88 Å². The molecule has 0 spiro atoms. The molecule has 6 nitrogen and oxygen atoms in total. The summed E-state index contributed by atoms with van der Waals surface area (Å²) in [5.41, 5.74) is 7.41. The number of halogens is 1. The van der Waals surface area contributed by atoms with Gasteiger partial charge in [-0.05, 0) is 60.4 Å². The second kappa shape index (κ2) is 9.10. The predicted molar refractivity (Wildman–Crippen MR) is 120 cm³/mol. The molecule has 2 aromatic rings. The molecule has 1 aromatic carbocycles. The summed E-state index contributed by atoms with van der Waals surface area (Å²) in [6.45, 7) is 3.83. The van der Waals surface area contributed by atoms with E-state index >= 15 is 0 Å². The highest BCUT2D eigenvalue weighted by Gasteiger charge is 2.51. The molecule has 2 amide bonds. The van der Waals surface area contributed by atoms with Gasteiger partial charge in [-0.15, -0.1) is 0 Å². The van der Waals surface area contributed by atoms with Gasteiger partial charge < -0.3 is 15.4 Å². The van der Waals surface area contributed by atoms with Gasteiger partial charge in [0.2, 0.25) is 6.41 Å². The molecule has 7 heteroatoms. The zero-order valence-electron chi connectivity index (χ0n) is 18.1. The summed E-state index contributed by atoms with van der Waals surface area (Å²) in [5, 5.41) is 0. The standard InChI is InChI=1S/C25H28FN3O3/c1-25(15-32-24(27)31)12-19-14-29(16-30)10-9-22(19)23(25)8-7-21-6-5-18(13-28-21)17-3-2-4-20(26)11-17/h2-8,11,13,16,19,22-23H,9-10,12,14-15H2,1H3,(H2,27,31)/b8-7+/t19-,22+,23-,25?/m0/s1. The molecule has 0 bridgehead atoms. The van der Waals surface area contributed by atoms with Crippen molar-refractivity contribution in [3.8, 4) is 11.1 Å². The summed E-state index contributed by atoms with van der Waals surface area (Å²) in [4.78, 5) is 28.9. The molecular weight excluding hydrogens is 409 g/mol. The molecule has 4 atom stereocenters. The number of hydrogen-bond acceptors (Lipinski definition) is 4. The van der Waals surface area contributed by atoms with Gasteiger partial charge in [0.05, 0.1) is 12.3 Å². The van der Waals surface area contributed by atoms with Gasteiger partial charge in [0.15, 0.2) is 0 Å². The highest BCUT2D eigenvalue weighted by atomic mass is 19.1. The Labute approximate surface area is 187 Å². The molecule has 32 heavy (non-hydrogen) atoms. The van der Waals surface area contributed by atoms with Gasteiger partial charge in [-0.3, -0.25) is 9.78 Å². The molecule has 1 unspecified atom stereocenters. The number of piperidine rings is 1. The maximum absolute atomic E-state index is 13.5. The number of benzene rings is 1. The van der Waals surface area contributed by atoms with Gasteiger partial charge >= 0.3 is 6.09 Å². The first kappa shape index (κ1) is 22.0. The predicted octanol–water partition coefficient (Wildman–Crippen LogP) is 4.12. The molecule has 2 aliphatic rings. The summed E-state index contributed by atoms with van der Waals surface area (Å²) in [6, 6.07) is 10.3. The van der Waals surface area contributed by atoms with E-state index in [2.05, 4.69) is 18.0 Å². The van der Waals surface area contributed by atoms with Crippen LogP contribution in [0.1, 0.15) is 25.5 Å². The Hall–Kier alpha value is -3.22. The van der Waals surface area contributed by atoms with Gasteiger partial charge in [0, 0.05) is 30.3 Å². The number of carbonyl (C=O) groups excluding carboxylic acids is 2. The molecular formula is C25H28FN3O3. The van der Waals surface area contributed by atoms with Crippen LogP contribution in [0.4, 0.5) is 9.18 Å². The van der Waals surface area contributed by atoms with Crippen LogP contribution in [0.25, 0.3) is 17.2 Å². The van der Waals surface area contributed by atoms with Gasteiger partial charge in [-0.2, -0.15) is 0 Å². The Balaban J connectivity index is 1.54. The number of nitrogens with two attached hydrogens (primary N) is 1. The number of nitrogens with zero attached hydrogens (tertiary/aromatic N) is 2. The van der Waals surface area contributed by atoms with E-state index in [4.69, 9.17) is 10.5 Å². The lowest BCUT2D eigenvalue weighted by molar-refractivity contribution is -0.120. The lowest BCUT2D eigenvalue weighted by Crippen LogP contribution is -2.38. The molecule has 1 aliphatic heterocycles. The number of pyridine rings is 1. The maximum Gasteiger partial charge on any atom is 0.404 e. The lowest BCUT2D eigenvalue weighted by atomic mass is 9.75. The van der Waals surface area contributed by atoms with Crippen molar-refractivity contribution in [3.05, 3.63) is 60.2 Å². The average Bonchev–Trinajstić information content (AvgIpc) is 3.07. The molecule has 1 saturated heterocycles. The third-order valence-corrected chi connectivity index (χ3v) is 6.93. The minimum Gasteiger partial charge on any atom is -0.449 e. The highest BCUT2D eigenvalue weighted by molar-refractivity contribution is 5.65. The summed E-state index contributed by atoms with van der Waals surface area (Å²) >= 11 is 0. The zero-order valence-corrected chi connectivity index (χ0v) is 18.1. The normalized spacial score (nSPS) is 27.3. The first-order valence-electron chi connectivity index (χ1n) is 10.9. The minimum atomic E-state index is -0.770. The highest BCUT2D eigenvalue weighted by Crippen LogP contribution is 2.54. The number of carbonyl (C=O) groups is 2. The number of primary amides is 1. The molecule has 0 radical (unpaired) electrons. The van der Waals surface area contributed by atoms with E-state index in [1.54, 1.807) is 12.3 Å². The van der Waals surface area contributed by atoms with E-state index in [-0.39, 0.29) is 23.8 Å². The van der Waals surface area contributed by atoms with Crippen molar-refractivity contribution in [1.29, 1.82) is 0 Å². The number of allylic oxidation sites excluding steroid dienone is 1. The Morgan fingerprint density at radius 1 is 1.34 bits per heavy atom. The molecule has 2 fully saturated rings. The van der Waals surface area contributed by atoms with E-state index in [1.165, 1.54) is 12.1 Å². The first-order valence-corrected chi connectivity index (χ1v) is 10.9. The number of amides is 2. The minimum absolute atomic E-state index is 0.172. The molecule has 1 saturated carbocycles. The van der Waals surface area contributed by atoms with Crippen LogP contribution in [0.2, 0.25) is 0 Å². The van der Waals surface area contributed by atoms with Gasteiger partial charge in [-0.1, -0.05) is 31.2 Å². The number of hydrogen-bond donors (Lipinski definition) is 1. The molecule has 168 valence electrons. The number of aromatic nitrogens is 1. The number of rotatable bonds is 6. The number of ether oxygens (including phenoxy) is 1. The van der Waals surface area contributed by atoms with Gasteiger partial charge in [0.1, 0.15) is 5.82 Å². The number of likely N-dealkylation sites (tertiary alicyclic amines) is 1. The Morgan fingerprint density at radius 3 is 2.88 bits per heavy atom. The van der Waals surface area contributed by atoms with Crippen LogP contribution in [0, 0.1) is 29.0 Å². The van der Waals surface area contributed by atoms with E-state index in [1.807, 2.05) is 29.2 Å². The average molecular weight is 438 g/mol. The van der Waals surface area contributed by atoms with Crippen molar-refractivity contribution in [2.75, 3.05) is 19.7 Å². The maximum atomic E-state index is 13.5. The Kier molecular flexibility index (Phi) is 6.26. The van der Waals surface area contributed by atoms with Crippen LogP contribution < -0.4 is 5.73 Å². The number of fused-ring (bicyclic) bond motifs is 1. The third-order valence-electron chi connectivity index (χ3n) is 6.93. The van der Waals surface area contributed by atoms with E-state index in [9.17, 15) is 14.0 Å². The monoisotopic (exact) mass is 437 g/mol. The lowest BCUT2D eigenvalue weighted by Gasteiger charge is -2.35. The van der Waals surface area contributed by atoms with Gasteiger partial charge in [0.25, 0.3) is 0 Å². The van der Waals surface area contributed by atoms with Crippen molar-refractivity contribution in [3.63, 3.8) is 0 Å². The van der Waals surface area contributed by atoms with E-state index in [0.29, 0.717) is 11.8 Å². The second-order valence-corrected chi connectivity index (χ2v) is 9.15. The van der Waals surface area contributed by atoms with Crippen molar-refractivity contribution in [2.45, 2.75) is 19.8 Å². The molecule has 4 rings (SSSR count). The molecule has 1 aliphatic carbocycles. The summed E-state index contributed by atoms with van der Waals surface area (Å²) < 4.78 is 18.7. The van der Waals surface area contributed by atoms with Crippen molar-refractivity contribution >= 4 is 18.6 Å². The SMILES string of the molecule is CC1(COC(N)=O)C[C@H]2CN(C=O)CC[C@H]2[C@@H]1/C=C/c1ccc(-c2cccc(F)c2)cn1. The van der Waals surface area contributed by atoms with Crippen LogP contribution in [-0.2, 0) is 9.53 Å². The fraction of sp³-hybridized carbons (Fsp3) is 0.400. The van der Waals surface area contributed by atoms with Crippen LogP contribution in [-0.4, -0.2) is 42.1 Å². The van der Waals surface area contributed by atoms with Crippen molar-refractivity contribution < 1.29 is 18.7 Å². The smallest absolute Gasteiger partial charge is 0.404 e. The fourth-order valence-electron chi connectivity index (χ4n) is 5.43. The summed E-state index contributed by atoms with van der Waals surface area (Å²) in [5.74, 6) is 0.648. The molecule has 2 N–H and O–H groups in total. The van der Waals surface area contributed by atoms with Crippen LogP contribution >= 0.6 is 0 Å². The second-order valence-electron chi connectivity index (χ2n) is 9.15. The Bertz CT molecular complexity index is 1010. The van der Waals surface area contributed by atoms with E-state index < -0.39 is 6.09 Å². The first-order chi connectivity index (χ1) is 15.4. The fourth-order valence-corrected chi connectivity index (χ4v) is 5.43. The quantitative estimate of drug-likeness (QED) is 0.689. The molecule has 2 heterocycles. The topological polar surface area (TPSA) is 85.5 Å². The summed E-state index contributed by atoms with van der Waals surface area (Å²) in [7, 11) is 0. The third kappa shape index (κ3) is 4.66. The van der Waals surface area contributed by atoms with Crippen molar-refractivity contribution in [2.24, 2.45) is 28.9 Å². The van der Waals surface area contributed by atoms with Crippen LogP contribution in [0.15, 0.2) is 48.7 Å². The van der Waals surface area contributed by atoms with E-state index in [0.717, 1.165) is 49.2 Å². The van der Waals surface area contributed by atoms with Gasteiger partial charge in [-0.25, -0.2) is 9.18 Å². The van der Waals surface area contributed by atoms with Crippen LogP contribution in [0.5, 0.6) is 0 Å². The molecule has 1 aromatic heterocycles. The van der Waals surface area contributed by atoms with Crippen LogP contribution in [0.3, 0.4) is 0 Å². The summed E-state index contributed by atoms with van der Waals surface area (Å²) in [6.07, 6.45) is 7.82. The largest absolute Gasteiger partial charge is 0.449 e. The Morgan fingerprint density at radius 2 is 2.19 bits per heavy atom. The zero-order chi connectivity index (χ0) is 22.7.